The van der Waals surface area contributed by atoms with Gasteiger partial charge < -0.3 is 5.32 Å². The van der Waals surface area contributed by atoms with Gasteiger partial charge in [0.1, 0.15) is 5.82 Å². The van der Waals surface area contributed by atoms with Gasteiger partial charge in [0, 0.05) is 19.1 Å². The summed E-state index contributed by atoms with van der Waals surface area (Å²) in [6, 6.07) is 3.48. The fourth-order valence-electron chi connectivity index (χ4n) is 2.38. The third-order valence-electron chi connectivity index (χ3n) is 3.38. The Bertz CT molecular complexity index is 574. The minimum Gasteiger partial charge on any atom is -0.315 e. The van der Waals surface area contributed by atoms with Crippen molar-refractivity contribution in [1.82, 2.24) is 9.62 Å². The summed E-state index contributed by atoms with van der Waals surface area (Å²) in [4.78, 5) is 0.0456. The number of hydrogen-bond donors (Lipinski definition) is 1. The van der Waals surface area contributed by atoms with E-state index in [2.05, 4.69) is 5.32 Å². The standard InChI is InChI=1S/C13H18ClFN2O2S/c1-2-7-17(10-5-6-16-9-10)20(18,19)11-3-4-13(15)12(14)8-11/h3-4,8,10,16H,2,5-7,9H2,1H3. The van der Waals surface area contributed by atoms with Gasteiger partial charge in [0.2, 0.25) is 10.0 Å². The van der Waals surface area contributed by atoms with Gasteiger partial charge in [-0.25, -0.2) is 12.8 Å². The van der Waals surface area contributed by atoms with Crippen molar-refractivity contribution < 1.29 is 12.8 Å². The van der Waals surface area contributed by atoms with E-state index in [9.17, 15) is 12.8 Å². The molecule has 0 radical (unpaired) electrons. The van der Waals surface area contributed by atoms with Gasteiger partial charge in [0.15, 0.2) is 0 Å². The largest absolute Gasteiger partial charge is 0.315 e. The second-order valence-electron chi connectivity index (χ2n) is 4.84. The monoisotopic (exact) mass is 320 g/mol. The average Bonchev–Trinajstić information content (AvgIpc) is 2.92. The van der Waals surface area contributed by atoms with Crippen molar-refractivity contribution >= 4 is 21.6 Å². The highest BCUT2D eigenvalue weighted by molar-refractivity contribution is 7.89. The normalized spacial score (nSPS) is 19.7. The maximum Gasteiger partial charge on any atom is 0.243 e. The van der Waals surface area contributed by atoms with Crippen LogP contribution in [0.25, 0.3) is 0 Å². The molecule has 1 unspecified atom stereocenters. The lowest BCUT2D eigenvalue weighted by molar-refractivity contribution is 0.335. The molecular formula is C13H18ClFN2O2S. The van der Waals surface area contributed by atoms with Gasteiger partial charge in [-0.05, 0) is 37.6 Å². The van der Waals surface area contributed by atoms with Crippen LogP contribution >= 0.6 is 11.6 Å². The lowest BCUT2D eigenvalue weighted by atomic mass is 10.2. The summed E-state index contributed by atoms with van der Waals surface area (Å²) in [5.41, 5.74) is 0. The van der Waals surface area contributed by atoms with Crippen LogP contribution in [0.15, 0.2) is 23.1 Å². The summed E-state index contributed by atoms with van der Waals surface area (Å²) in [7, 11) is -3.64. The van der Waals surface area contributed by atoms with E-state index in [-0.39, 0.29) is 16.0 Å². The molecule has 1 saturated heterocycles. The first-order valence-corrected chi connectivity index (χ1v) is 8.46. The molecule has 20 heavy (non-hydrogen) atoms. The summed E-state index contributed by atoms with van der Waals surface area (Å²) in [6.07, 6.45) is 1.51. The second kappa shape index (κ2) is 6.39. The molecule has 0 bridgehead atoms. The molecule has 1 fully saturated rings. The number of sulfonamides is 1. The molecule has 1 atom stereocenters. The van der Waals surface area contributed by atoms with E-state index < -0.39 is 15.8 Å². The second-order valence-corrected chi connectivity index (χ2v) is 7.14. The first-order valence-electron chi connectivity index (χ1n) is 6.64. The first-order chi connectivity index (χ1) is 9.46. The van der Waals surface area contributed by atoms with Crippen LogP contribution in [0, 0.1) is 5.82 Å². The molecule has 0 saturated carbocycles. The van der Waals surface area contributed by atoms with Crippen molar-refractivity contribution in [2.75, 3.05) is 19.6 Å². The molecule has 2 rings (SSSR count). The fraction of sp³-hybridized carbons (Fsp3) is 0.538. The zero-order valence-electron chi connectivity index (χ0n) is 11.3. The van der Waals surface area contributed by atoms with Crippen molar-refractivity contribution in [1.29, 1.82) is 0 Å². The molecule has 0 amide bonds. The molecule has 4 nitrogen and oxygen atoms in total. The highest BCUT2D eigenvalue weighted by Gasteiger charge is 2.32. The molecule has 1 N–H and O–H groups in total. The number of nitrogens with one attached hydrogen (secondary N) is 1. The van der Waals surface area contributed by atoms with Crippen molar-refractivity contribution in [3.8, 4) is 0 Å². The molecular weight excluding hydrogens is 303 g/mol. The molecule has 0 aliphatic carbocycles. The summed E-state index contributed by atoms with van der Waals surface area (Å²) in [5.74, 6) is -0.616. The van der Waals surface area contributed by atoms with Crippen molar-refractivity contribution in [3.05, 3.63) is 29.0 Å². The van der Waals surface area contributed by atoms with E-state index >= 15 is 0 Å². The van der Waals surface area contributed by atoms with Crippen LogP contribution in [-0.4, -0.2) is 38.4 Å². The van der Waals surface area contributed by atoms with Crippen LogP contribution < -0.4 is 5.32 Å². The van der Waals surface area contributed by atoms with E-state index in [1.165, 1.54) is 16.4 Å². The molecule has 1 aromatic carbocycles. The van der Waals surface area contributed by atoms with Gasteiger partial charge in [0.05, 0.1) is 9.92 Å². The van der Waals surface area contributed by atoms with Crippen LogP contribution in [0.2, 0.25) is 5.02 Å². The Labute approximate surface area is 124 Å². The first kappa shape index (κ1) is 15.7. The Morgan fingerprint density at radius 1 is 1.50 bits per heavy atom. The lowest BCUT2D eigenvalue weighted by Gasteiger charge is -2.27. The van der Waals surface area contributed by atoms with E-state index in [1.807, 2.05) is 6.92 Å². The quantitative estimate of drug-likeness (QED) is 0.905. The smallest absolute Gasteiger partial charge is 0.243 e. The Kier molecular flexibility index (Phi) is 5.01. The highest BCUT2D eigenvalue weighted by Crippen LogP contribution is 2.25. The van der Waals surface area contributed by atoms with Gasteiger partial charge in [0.25, 0.3) is 0 Å². The Morgan fingerprint density at radius 3 is 2.80 bits per heavy atom. The average molecular weight is 321 g/mol. The Morgan fingerprint density at radius 2 is 2.25 bits per heavy atom. The van der Waals surface area contributed by atoms with Gasteiger partial charge in [-0.2, -0.15) is 4.31 Å². The summed E-state index contributed by atoms with van der Waals surface area (Å²) in [5, 5.41) is 2.99. The maximum atomic E-state index is 13.2. The number of hydrogen-bond acceptors (Lipinski definition) is 3. The molecule has 1 aromatic rings. The van der Waals surface area contributed by atoms with Gasteiger partial charge in [-0.15, -0.1) is 0 Å². The van der Waals surface area contributed by atoms with Gasteiger partial charge in [-0.1, -0.05) is 18.5 Å². The van der Waals surface area contributed by atoms with E-state index in [1.54, 1.807) is 0 Å². The molecule has 1 aliphatic rings. The number of rotatable bonds is 5. The fourth-order valence-corrected chi connectivity index (χ4v) is 4.40. The maximum absolute atomic E-state index is 13.2. The highest BCUT2D eigenvalue weighted by atomic mass is 35.5. The minimum absolute atomic E-state index is 0.0456. The lowest BCUT2D eigenvalue weighted by Crippen LogP contribution is -2.42. The van der Waals surface area contributed by atoms with E-state index in [0.29, 0.717) is 13.1 Å². The van der Waals surface area contributed by atoms with Crippen LogP contribution in [0.3, 0.4) is 0 Å². The van der Waals surface area contributed by atoms with E-state index in [4.69, 9.17) is 11.6 Å². The predicted molar refractivity (Wildman–Crippen MR) is 76.9 cm³/mol. The SMILES string of the molecule is CCCN(C1CCNC1)S(=O)(=O)c1ccc(F)c(Cl)c1. The Balaban J connectivity index is 2.36. The predicted octanol–water partition coefficient (Wildman–Crippen LogP) is 2.24. The zero-order chi connectivity index (χ0) is 14.8. The van der Waals surface area contributed by atoms with Crippen molar-refractivity contribution in [2.45, 2.75) is 30.7 Å². The molecule has 1 aliphatic heterocycles. The zero-order valence-corrected chi connectivity index (χ0v) is 12.8. The molecule has 0 spiro atoms. The van der Waals surface area contributed by atoms with Crippen LogP contribution in [0.5, 0.6) is 0 Å². The number of halogens is 2. The topological polar surface area (TPSA) is 49.4 Å². The Hall–Kier alpha value is -0.690. The van der Waals surface area contributed by atoms with E-state index in [0.717, 1.165) is 25.5 Å². The molecule has 1 heterocycles. The molecule has 112 valence electrons. The third-order valence-corrected chi connectivity index (χ3v) is 5.62. The number of nitrogens with zero attached hydrogens (tertiary/aromatic N) is 1. The van der Waals surface area contributed by atoms with Crippen molar-refractivity contribution in [2.24, 2.45) is 0 Å². The minimum atomic E-state index is -3.64. The van der Waals surface area contributed by atoms with Gasteiger partial charge in [-0.3, -0.25) is 0 Å². The molecule has 7 heteroatoms. The van der Waals surface area contributed by atoms with Gasteiger partial charge >= 0.3 is 0 Å². The van der Waals surface area contributed by atoms with Crippen molar-refractivity contribution in [3.63, 3.8) is 0 Å². The third kappa shape index (κ3) is 3.14. The van der Waals surface area contributed by atoms with Crippen LogP contribution in [0.1, 0.15) is 19.8 Å². The van der Waals surface area contributed by atoms with Crippen LogP contribution in [0.4, 0.5) is 4.39 Å². The number of benzene rings is 1. The van der Waals surface area contributed by atoms with Crippen LogP contribution in [-0.2, 0) is 10.0 Å². The molecule has 0 aromatic heterocycles. The summed E-state index contributed by atoms with van der Waals surface area (Å²) in [6.45, 7) is 3.84. The summed E-state index contributed by atoms with van der Waals surface area (Å²) >= 11 is 5.69. The summed E-state index contributed by atoms with van der Waals surface area (Å²) < 4.78 is 40.1.